The van der Waals surface area contributed by atoms with Gasteiger partial charge in [0, 0.05) is 17.3 Å². The standard InChI is InChI=1S/C19H23N3O4S/c1-27(25,26)19(9-11-20-12-10-19)18(24)21-13-17(23)22-16-8-4-6-14-5-2-3-7-15(14)16/h2-8,20H,9-13H2,1H3,(H,21,24)(H,22,23). The molecule has 27 heavy (non-hydrogen) atoms. The summed E-state index contributed by atoms with van der Waals surface area (Å²) in [7, 11) is -3.61. The van der Waals surface area contributed by atoms with E-state index < -0.39 is 26.4 Å². The van der Waals surface area contributed by atoms with Crippen LogP contribution in [0.15, 0.2) is 42.5 Å². The fourth-order valence-electron chi connectivity index (χ4n) is 3.45. The van der Waals surface area contributed by atoms with E-state index in [2.05, 4.69) is 16.0 Å². The number of carbonyl (C=O) groups is 2. The monoisotopic (exact) mass is 389 g/mol. The second-order valence-electron chi connectivity index (χ2n) is 6.77. The van der Waals surface area contributed by atoms with E-state index >= 15 is 0 Å². The third kappa shape index (κ3) is 3.96. The first-order valence-corrected chi connectivity index (χ1v) is 10.7. The topological polar surface area (TPSA) is 104 Å². The molecule has 1 aliphatic heterocycles. The van der Waals surface area contributed by atoms with Crippen molar-refractivity contribution in [3.05, 3.63) is 42.5 Å². The van der Waals surface area contributed by atoms with E-state index in [1.807, 2.05) is 36.4 Å². The number of piperidine rings is 1. The zero-order valence-electron chi connectivity index (χ0n) is 15.1. The normalized spacial score (nSPS) is 16.6. The molecule has 0 aliphatic carbocycles. The predicted molar refractivity (Wildman–Crippen MR) is 105 cm³/mol. The maximum Gasteiger partial charge on any atom is 0.243 e. The Morgan fingerprint density at radius 2 is 1.74 bits per heavy atom. The van der Waals surface area contributed by atoms with Gasteiger partial charge in [0.05, 0.1) is 6.54 Å². The summed E-state index contributed by atoms with van der Waals surface area (Å²) >= 11 is 0. The molecule has 1 heterocycles. The molecule has 0 bridgehead atoms. The Morgan fingerprint density at radius 3 is 2.44 bits per heavy atom. The molecule has 3 N–H and O–H groups in total. The van der Waals surface area contributed by atoms with Crippen LogP contribution in [0.5, 0.6) is 0 Å². The zero-order chi connectivity index (χ0) is 19.5. The Labute approximate surface area is 158 Å². The van der Waals surface area contributed by atoms with Gasteiger partial charge in [-0.3, -0.25) is 9.59 Å². The Morgan fingerprint density at radius 1 is 1.07 bits per heavy atom. The van der Waals surface area contributed by atoms with Crippen molar-refractivity contribution in [3.8, 4) is 0 Å². The van der Waals surface area contributed by atoms with Crippen LogP contribution in [0.2, 0.25) is 0 Å². The van der Waals surface area contributed by atoms with Gasteiger partial charge in [0.2, 0.25) is 11.8 Å². The van der Waals surface area contributed by atoms with Crippen molar-refractivity contribution in [2.45, 2.75) is 17.6 Å². The smallest absolute Gasteiger partial charge is 0.243 e. The van der Waals surface area contributed by atoms with Gasteiger partial charge in [-0.15, -0.1) is 0 Å². The minimum Gasteiger partial charge on any atom is -0.346 e. The second kappa shape index (κ2) is 7.66. The molecule has 1 fully saturated rings. The van der Waals surface area contributed by atoms with Gasteiger partial charge in [-0.2, -0.15) is 0 Å². The molecule has 2 aromatic rings. The molecule has 0 saturated carbocycles. The highest BCUT2D eigenvalue weighted by Gasteiger charge is 2.48. The lowest BCUT2D eigenvalue weighted by atomic mass is 9.96. The average Bonchev–Trinajstić information content (AvgIpc) is 2.66. The van der Waals surface area contributed by atoms with E-state index in [9.17, 15) is 18.0 Å². The number of fused-ring (bicyclic) bond motifs is 1. The van der Waals surface area contributed by atoms with Crippen LogP contribution in [0.1, 0.15) is 12.8 Å². The summed E-state index contributed by atoms with van der Waals surface area (Å²) in [6.45, 7) is 0.609. The van der Waals surface area contributed by atoms with E-state index in [1.54, 1.807) is 6.07 Å². The molecular formula is C19H23N3O4S. The molecule has 3 rings (SSSR count). The number of rotatable bonds is 5. The number of nitrogens with one attached hydrogen (secondary N) is 3. The van der Waals surface area contributed by atoms with Crippen molar-refractivity contribution >= 4 is 38.1 Å². The van der Waals surface area contributed by atoms with Gasteiger partial charge in [-0.25, -0.2) is 8.42 Å². The summed E-state index contributed by atoms with van der Waals surface area (Å²) in [4.78, 5) is 24.9. The fraction of sp³-hybridized carbons (Fsp3) is 0.368. The van der Waals surface area contributed by atoms with Crippen molar-refractivity contribution in [1.82, 2.24) is 10.6 Å². The summed E-state index contributed by atoms with van der Waals surface area (Å²) < 4.78 is 23.0. The van der Waals surface area contributed by atoms with Gasteiger partial charge >= 0.3 is 0 Å². The van der Waals surface area contributed by atoms with Crippen LogP contribution in [0.3, 0.4) is 0 Å². The Bertz CT molecular complexity index is 961. The van der Waals surface area contributed by atoms with Crippen molar-refractivity contribution in [1.29, 1.82) is 0 Å². The minimum atomic E-state index is -3.61. The molecule has 0 aromatic heterocycles. The molecular weight excluding hydrogens is 366 g/mol. The zero-order valence-corrected chi connectivity index (χ0v) is 15.9. The maximum absolute atomic E-state index is 12.6. The summed E-state index contributed by atoms with van der Waals surface area (Å²) in [5.41, 5.74) is 0.645. The van der Waals surface area contributed by atoms with Gasteiger partial charge in [0.1, 0.15) is 0 Å². The SMILES string of the molecule is CS(=O)(=O)C1(C(=O)NCC(=O)Nc2cccc3ccccc23)CCNCC1. The molecule has 0 radical (unpaired) electrons. The lowest BCUT2D eigenvalue weighted by Gasteiger charge is -2.34. The van der Waals surface area contributed by atoms with Gasteiger partial charge in [-0.1, -0.05) is 36.4 Å². The van der Waals surface area contributed by atoms with E-state index in [-0.39, 0.29) is 19.4 Å². The van der Waals surface area contributed by atoms with Crippen LogP contribution in [0, 0.1) is 0 Å². The van der Waals surface area contributed by atoms with E-state index in [1.165, 1.54) is 0 Å². The highest BCUT2D eigenvalue weighted by atomic mass is 32.2. The first-order chi connectivity index (χ1) is 12.8. The summed E-state index contributed by atoms with van der Waals surface area (Å²) in [6, 6.07) is 13.2. The summed E-state index contributed by atoms with van der Waals surface area (Å²) in [6.07, 6.45) is 1.47. The van der Waals surface area contributed by atoms with Gasteiger partial charge in [-0.05, 0) is 37.4 Å². The van der Waals surface area contributed by atoms with Crippen LogP contribution in [-0.2, 0) is 19.4 Å². The van der Waals surface area contributed by atoms with Crippen molar-refractivity contribution < 1.29 is 18.0 Å². The van der Waals surface area contributed by atoms with Crippen molar-refractivity contribution in [2.75, 3.05) is 31.2 Å². The molecule has 8 heteroatoms. The number of benzene rings is 2. The molecule has 1 saturated heterocycles. The average molecular weight is 389 g/mol. The second-order valence-corrected chi connectivity index (χ2v) is 9.10. The Hall–Kier alpha value is -2.45. The summed E-state index contributed by atoms with van der Waals surface area (Å²) in [5.74, 6) is -1.02. The van der Waals surface area contributed by atoms with Crippen LogP contribution < -0.4 is 16.0 Å². The molecule has 2 aromatic carbocycles. The van der Waals surface area contributed by atoms with Gasteiger partial charge in [0.15, 0.2) is 14.6 Å². The van der Waals surface area contributed by atoms with Crippen LogP contribution in [-0.4, -0.2) is 50.9 Å². The maximum atomic E-state index is 12.6. The Kier molecular flexibility index (Phi) is 5.48. The lowest BCUT2D eigenvalue weighted by Crippen LogP contribution is -2.58. The van der Waals surface area contributed by atoms with Gasteiger partial charge < -0.3 is 16.0 Å². The number of anilines is 1. The first kappa shape index (κ1) is 19.3. The minimum absolute atomic E-state index is 0.197. The van der Waals surface area contributed by atoms with Crippen LogP contribution >= 0.6 is 0 Å². The van der Waals surface area contributed by atoms with E-state index in [4.69, 9.17) is 0 Å². The van der Waals surface area contributed by atoms with Crippen molar-refractivity contribution in [3.63, 3.8) is 0 Å². The molecule has 1 aliphatic rings. The largest absolute Gasteiger partial charge is 0.346 e. The fourth-order valence-corrected chi connectivity index (χ4v) is 4.80. The Balaban J connectivity index is 1.68. The number of hydrogen-bond donors (Lipinski definition) is 3. The molecule has 7 nitrogen and oxygen atoms in total. The highest BCUT2D eigenvalue weighted by Crippen LogP contribution is 2.28. The third-order valence-electron chi connectivity index (χ3n) is 5.01. The lowest BCUT2D eigenvalue weighted by molar-refractivity contribution is -0.126. The number of sulfone groups is 1. The van der Waals surface area contributed by atoms with Crippen LogP contribution in [0.4, 0.5) is 5.69 Å². The number of amides is 2. The predicted octanol–water partition coefficient (Wildman–Crippen LogP) is 1.06. The highest BCUT2D eigenvalue weighted by molar-refractivity contribution is 7.92. The van der Waals surface area contributed by atoms with E-state index in [0.717, 1.165) is 17.0 Å². The molecule has 0 atom stereocenters. The first-order valence-electron chi connectivity index (χ1n) is 8.80. The molecule has 0 spiro atoms. The molecule has 0 unspecified atom stereocenters. The number of hydrogen-bond acceptors (Lipinski definition) is 5. The molecule has 2 amide bonds. The third-order valence-corrected chi connectivity index (χ3v) is 7.02. The van der Waals surface area contributed by atoms with Crippen LogP contribution in [0.25, 0.3) is 10.8 Å². The quantitative estimate of drug-likeness (QED) is 0.709. The van der Waals surface area contributed by atoms with Crippen molar-refractivity contribution in [2.24, 2.45) is 0 Å². The molecule has 144 valence electrons. The van der Waals surface area contributed by atoms with Gasteiger partial charge in [0.25, 0.3) is 0 Å². The van der Waals surface area contributed by atoms with E-state index in [0.29, 0.717) is 18.8 Å². The summed E-state index contributed by atoms with van der Waals surface area (Å²) in [5, 5.41) is 10.2. The number of carbonyl (C=O) groups excluding carboxylic acids is 2.